The van der Waals surface area contributed by atoms with E-state index in [4.69, 9.17) is 0 Å². The number of hydrogen-bond acceptors (Lipinski definition) is 3. The summed E-state index contributed by atoms with van der Waals surface area (Å²) >= 11 is 0. The molecule has 1 aromatic rings. The zero-order chi connectivity index (χ0) is 26.6. The molecule has 1 saturated carbocycles. The minimum atomic E-state index is -4.60. The van der Waals surface area contributed by atoms with E-state index in [1.54, 1.807) is 0 Å². The van der Waals surface area contributed by atoms with Crippen LogP contribution in [0.15, 0.2) is 18.2 Å². The second-order valence-electron chi connectivity index (χ2n) is 11.3. The van der Waals surface area contributed by atoms with Crippen molar-refractivity contribution >= 4 is 10.2 Å². The fourth-order valence-corrected chi connectivity index (χ4v) is 8.75. The maximum absolute atomic E-state index is 13.1. The van der Waals surface area contributed by atoms with Crippen molar-refractivity contribution < 1.29 is 34.8 Å². The topological polar surface area (TPSA) is 52.7 Å². The molecule has 1 aromatic carbocycles. The molecule has 5 rings (SSSR count). The van der Waals surface area contributed by atoms with E-state index >= 15 is 0 Å². The van der Waals surface area contributed by atoms with Crippen LogP contribution in [0.5, 0.6) is 0 Å². The summed E-state index contributed by atoms with van der Waals surface area (Å²) in [6.07, 6.45) is -4.00. The Morgan fingerprint density at radius 2 is 1.59 bits per heavy atom. The van der Waals surface area contributed by atoms with Crippen LogP contribution >= 0.6 is 0 Å². The van der Waals surface area contributed by atoms with E-state index in [9.17, 15) is 34.8 Å². The molecule has 2 bridgehead atoms. The van der Waals surface area contributed by atoms with Crippen molar-refractivity contribution in [3.63, 3.8) is 0 Å². The molecule has 4 aliphatic rings. The molecule has 0 unspecified atom stereocenters. The average Bonchev–Trinajstić information content (AvgIpc) is 3.17. The highest BCUT2D eigenvalue weighted by molar-refractivity contribution is 7.87. The van der Waals surface area contributed by atoms with Crippen LogP contribution in [0.3, 0.4) is 0 Å². The van der Waals surface area contributed by atoms with Gasteiger partial charge in [-0.2, -0.15) is 43.8 Å². The molecule has 208 valence electrons. The van der Waals surface area contributed by atoms with Gasteiger partial charge in [-0.25, -0.2) is 0 Å². The predicted molar refractivity (Wildman–Crippen MR) is 126 cm³/mol. The second-order valence-corrected chi connectivity index (χ2v) is 12.9. The normalized spacial score (nSPS) is 31.1. The molecule has 0 aromatic heterocycles. The second kappa shape index (κ2) is 9.67. The summed E-state index contributed by atoms with van der Waals surface area (Å²) in [5, 5.41) is 0. The maximum atomic E-state index is 13.1. The Kier molecular flexibility index (Phi) is 7.11. The summed E-state index contributed by atoms with van der Waals surface area (Å²) in [4.78, 5) is 2.09. The van der Waals surface area contributed by atoms with Crippen LogP contribution in [0.2, 0.25) is 0 Å². The first-order chi connectivity index (χ1) is 17.3. The van der Waals surface area contributed by atoms with Crippen LogP contribution in [0.25, 0.3) is 0 Å². The Hall–Kier alpha value is -1.37. The molecule has 3 atom stereocenters. The molecule has 2 aliphatic heterocycles. The van der Waals surface area contributed by atoms with E-state index in [-0.39, 0.29) is 31.2 Å². The first-order valence-electron chi connectivity index (χ1n) is 13.0. The van der Waals surface area contributed by atoms with Crippen LogP contribution in [0.1, 0.15) is 48.8 Å². The minimum Gasteiger partial charge on any atom is -0.303 e. The van der Waals surface area contributed by atoms with E-state index < -0.39 is 40.6 Å². The summed E-state index contributed by atoms with van der Waals surface area (Å²) < 4.78 is 106. The molecule has 2 saturated heterocycles. The number of nitrogens with zero attached hydrogens (tertiary/aromatic N) is 2. The first-order valence-corrected chi connectivity index (χ1v) is 14.4. The Labute approximate surface area is 213 Å². The quantitative estimate of drug-likeness (QED) is 0.548. The van der Waals surface area contributed by atoms with Crippen molar-refractivity contribution in [3.05, 3.63) is 34.9 Å². The lowest BCUT2D eigenvalue weighted by atomic mass is 9.79. The van der Waals surface area contributed by atoms with Crippen molar-refractivity contribution in [1.29, 1.82) is 0 Å². The number of likely N-dealkylation sites (tertiary alicyclic amines) is 1. The van der Waals surface area contributed by atoms with Crippen molar-refractivity contribution in [2.24, 2.45) is 17.8 Å². The smallest absolute Gasteiger partial charge is 0.303 e. The van der Waals surface area contributed by atoms with Gasteiger partial charge in [0, 0.05) is 6.54 Å². The number of nitrogens with one attached hydrogen (secondary N) is 1. The number of halogens is 6. The van der Waals surface area contributed by atoms with Crippen molar-refractivity contribution in [2.75, 3.05) is 32.7 Å². The average molecular weight is 554 g/mol. The standard InChI is InChI=1S/C25H33F6N3O2S/c26-24(27,28)16-34-15-23(32-37(34,35)36)21-5-6-22(23)14-19-12-17(3-4-18(19)13-21)2-1-9-33-10-7-20(8-11-33)25(29,30)31/h3-4,12,20-22,32H,1-2,5-11,13-16H2/t21-,22+,23+/m0/s1. The molecule has 12 heteroatoms. The SMILES string of the molecule is O=S1(=O)N[C@@]2(CN1CC(F)(F)F)[C@@H]1CC[C@H]2Cc2ccc(CCCN3CCC(C(F)(F)F)CC3)cc2C1. The molecule has 3 fully saturated rings. The minimum absolute atomic E-state index is 0.0581. The molecule has 0 amide bonds. The molecule has 2 aliphatic carbocycles. The van der Waals surface area contributed by atoms with E-state index in [1.807, 2.05) is 0 Å². The molecule has 0 radical (unpaired) electrons. The van der Waals surface area contributed by atoms with Crippen molar-refractivity contribution in [2.45, 2.75) is 69.3 Å². The highest BCUT2D eigenvalue weighted by Crippen LogP contribution is 2.50. The van der Waals surface area contributed by atoms with Gasteiger partial charge in [0.05, 0.1) is 11.5 Å². The van der Waals surface area contributed by atoms with Gasteiger partial charge >= 0.3 is 12.4 Å². The number of rotatable bonds is 5. The van der Waals surface area contributed by atoms with Gasteiger partial charge < -0.3 is 4.90 Å². The van der Waals surface area contributed by atoms with Crippen LogP contribution in [0.4, 0.5) is 26.3 Å². The maximum Gasteiger partial charge on any atom is 0.402 e. The van der Waals surface area contributed by atoms with Gasteiger partial charge in [0.1, 0.15) is 6.54 Å². The fraction of sp³-hybridized carbons (Fsp3) is 0.760. The van der Waals surface area contributed by atoms with E-state index in [2.05, 4.69) is 27.8 Å². The third-order valence-corrected chi connectivity index (χ3v) is 10.5. The van der Waals surface area contributed by atoms with Gasteiger partial charge in [-0.1, -0.05) is 18.2 Å². The highest BCUT2D eigenvalue weighted by Gasteiger charge is 2.60. The lowest BCUT2D eigenvalue weighted by molar-refractivity contribution is -0.185. The van der Waals surface area contributed by atoms with Crippen molar-refractivity contribution in [3.8, 4) is 0 Å². The summed E-state index contributed by atoms with van der Waals surface area (Å²) in [5.74, 6) is -1.33. The Balaban J connectivity index is 1.22. The lowest BCUT2D eigenvalue weighted by Crippen LogP contribution is -2.52. The van der Waals surface area contributed by atoms with Gasteiger partial charge in [-0.15, -0.1) is 0 Å². The molecule has 37 heavy (non-hydrogen) atoms. The van der Waals surface area contributed by atoms with Crippen LogP contribution in [-0.4, -0.2) is 68.2 Å². The number of hydrogen-bond donors (Lipinski definition) is 1. The van der Waals surface area contributed by atoms with E-state index in [1.165, 1.54) is 0 Å². The van der Waals surface area contributed by atoms with Gasteiger partial charge in [0.25, 0.3) is 10.2 Å². The monoisotopic (exact) mass is 553 g/mol. The first kappa shape index (κ1) is 27.2. The summed E-state index contributed by atoms with van der Waals surface area (Å²) in [7, 11) is -4.20. The molecule has 1 N–H and O–H groups in total. The molecule has 5 nitrogen and oxygen atoms in total. The number of alkyl halides is 6. The van der Waals surface area contributed by atoms with Crippen LogP contribution in [-0.2, 0) is 29.5 Å². The van der Waals surface area contributed by atoms with E-state index in [0.717, 1.165) is 48.9 Å². The third-order valence-electron chi connectivity index (χ3n) is 8.97. The molecule has 2 heterocycles. The Bertz CT molecular complexity index is 1100. The van der Waals surface area contributed by atoms with Gasteiger partial charge in [-0.05, 0) is 99.5 Å². The van der Waals surface area contributed by atoms with Gasteiger partial charge in [0.2, 0.25) is 0 Å². The fourth-order valence-electron chi connectivity index (χ4n) is 7.04. The number of benzene rings is 1. The highest BCUT2D eigenvalue weighted by atomic mass is 32.2. The van der Waals surface area contributed by atoms with E-state index in [0.29, 0.717) is 30.2 Å². The zero-order valence-electron chi connectivity index (χ0n) is 20.5. The summed E-state index contributed by atoms with van der Waals surface area (Å²) in [5.41, 5.74) is 2.49. The summed E-state index contributed by atoms with van der Waals surface area (Å²) in [6.45, 7) is 0.0262. The molecular formula is C25H33F6N3O2S. The number of piperidine rings is 1. The zero-order valence-corrected chi connectivity index (χ0v) is 21.4. The van der Waals surface area contributed by atoms with Gasteiger partial charge in [0.15, 0.2) is 0 Å². The third kappa shape index (κ3) is 5.67. The molecule has 1 spiro atoms. The molecular weight excluding hydrogens is 520 g/mol. The van der Waals surface area contributed by atoms with Gasteiger partial charge in [-0.3, -0.25) is 0 Å². The number of fused-ring (bicyclic) bond motifs is 1. The summed E-state index contributed by atoms with van der Waals surface area (Å²) in [6, 6.07) is 6.25. The predicted octanol–water partition coefficient (Wildman–Crippen LogP) is 4.47. The van der Waals surface area contributed by atoms with Crippen LogP contribution in [0, 0.1) is 17.8 Å². The Morgan fingerprint density at radius 3 is 2.22 bits per heavy atom. The number of aryl methyl sites for hydroxylation is 1. The van der Waals surface area contributed by atoms with Crippen LogP contribution < -0.4 is 4.72 Å². The lowest BCUT2D eigenvalue weighted by Gasteiger charge is -2.33. The van der Waals surface area contributed by atoms with Crippen molar-refractivity contribution in [1.82, 2.24) is 13.9 Å². The Morgan fingerprint density at radius 1 is 0.946 bits per heavy atom. The largest absolute Gasteiger partial charge is 0.402 e.